The van der Waals surface area contributed by atoms with Crippen molar-refractivity contribution >= 4 is 50.6 Å². The molecule has 9 heteroatoms. The number of rotatable bonds is 6. The molecule has 0 saturated carbocycles. The maximum Gasteiger partial charge on any atom is 0.347 e. The summed E-state index contributed by atoms with van der Waals surface area (Å²) in [7, 11) is 0. The predicted octanol–water partition coefficient (Wildman–Crippen LogP) is 5.32. The van der Waals surface area contributed by atoms with Gasteiger partial charge in [0.15, 0.2) is 6.10 Å². The van der Waals surface area contributed by atoms with Crippen molar-refractivity contribution in [2.75, 3.05) is 6.61 Å². The third kappa shape index (κ3) is 5.81. The summed E-state index contributed by atoms with van der Waals surface area (Å²) in [5.41, 5.74) is 0.338. The van der Waals surface area contributed by atoms with Gasteiger partial charge < -0.3 is 9.47 Å². The lowest BCUT2D eigenvalue weighted by atomic mass is 9.95. The van der Waals surface area contributed by atoms with Gasteiger partial charge in [0.25, 0.3) is 5.56 Å². The number of carbonyl (C=O) groups is 1. The zero-order valence-electron chi connectivity index (χ0n) is 19.1. The highest BCUT2D eigenvalue weighted by Crippen LogP contribution is 2.25. The number of benzene rings is 2. The summed E-state index contributed by atoms with van der Waals surface area (Å²) in [6.07, 6.45) is 0.645. The highest BCUT2D eigenvalue weighted by molar-refractivity contribution is 9.10. The van der Waals surface area contributed by atoms with Gasteiger partial charge >= 0.3 is 5.97 Å². The number of halogens is 2. The summed E-state index contributed by atoms with van der Waals surface area (Å²) >= 11 is 9.59. The van der Waals surface area contributed by atoms with Crippen LogP contribution >= 0.6 is 27.5 Å². The SMILES string of the molecule is CCOC(=O)[C@H](C)Oc1ccc(Cl)cc1C=Nn1c(C(C)(C)C)nc2ccc(Br)cc2c1=O. The highest BCUT2D eigenvalue weighted by Gasteiger charge is 2.23. The smallest absolute Gasteiger partial charge is 0.347 e. The van der Waals surface area contributed by atoms with E-state index in [1.807, 2.05) is 26.8 Å². The number of fused-ring (bicyclic) bond motifs is 1. The second-order valence-electron chi connectivity index (χ2n) is 8.40. The number of hydrogen-bond acceptors (Lipinski definition) is 6. The van der Waals surface area contributed by atoms with Crippen LogP contribution in [0.15, 0.2) is 50.8 Å². The van der Waals surface area contributed by atoms with Crippen LogP contribution in [0.25, 0.3) is 10.9 Å². The summed E-state index contributed by atoms with van der Waals surface area (Å²) in [6.45, 7) is 9.46. The quantitative estimate of drug-likeness (QED) is 0.316. The number of aromatic nitrogens is 2. The molecule has 3 rings (SSSR count). The molecule has 3 aromatic rings. The minimum absolute atomic E-state index is 0.255. The third-order valence-corrected chi connectivity index (χ3v) is 5.41. The molecule has 0 N–H and O–H groups in total. The van der Waals surface area contributed by atoms with Crippen molar-refractivity contribution in [3.05, 3.63) is 67.6 Å². The van der Waals surface area contributed by atoms with Crippen molar-refractivity contribution in [2.24, 2.45) is 5.10 Å². The van der Waals surface area contributed by atoms with Crippen molar-refractivity contribution in [1.82, 2.24) is 9.66 Å². The lowest BCUT2D eigenvalue weighted by molar-refractivity contribution is -0.150. The first-order valence-corrected chi connectivity index (χ1v) is 11.6. The van der Waals surface area contributed by atoms with Crippen LogP contribution in [-0.2, 0) is 14.9 Å². The van der Waals surface area contributed by atoms with Gasteiger partial charge in [-0.05, 0) is 50.2 Å². The fourth-order valence-corrected chi connectivity index (χ4v) is 3.63. The molecular weight excluding hydrogens is 510 g/mol. The monoisotopic (exact) mass is 533 g/mol. The normalized spacial score (nSPS) is 12.8. The Labute approximate surface area is 205 Å². The molecular formula is C24H25BrClN3O4. The van der Waals surface area contributed by atoms with Crippen LogP contribution in [0, 0.1) is 0 Å². The van der Waals surface area contributed by atoms with Gasteiger partial charge in [-0.25, -0.2) is 9.78 Å². The van der Waals surface area contributed by atoms with E-state index in [0.29, 0.717) is 33.1 Å². The van der Waals surface area contributed by atoms with Crippen LogP contribution in [0.4, 0.5) is 0 Å². The van der Waals surface area contributed by atoms with Crippen molar-refractivity contribution in [3.8, 4) is 5.75 Å². The van der Waals surface area contributed by atoms with Crippen molar-refractivity contribution in [2.45, 2.75) is 46.1 Å². The molecule has 0 amide bonds. The Balaban J connectivity index is 2.11. The second-order valence-corrected chi connectivity index (χ2v) is 9.75. The standard InChI is InChI=1S/C24H25BrClN3O4/c1-6-32-22(31)14(2)33-20-10-8-17(26)11-15(20)13-27-29-21(30)18-12-16(25)7-9-19(18)28-23(29)24(3,4)5/h7-14H,6H2,1-5H3/t14-/m0/s1. The molecule has 0 spiro atoms. The number of esters is 1. The molecule has 1 atom stereocenters. The van der Waals surface area contributed by atoms with E-state index in [9.17, 15) is 9.59 Å². The summed E-state index contributed by atoms with van der Waals surface area (Å²) < 4.78 is 12.8. The molecule has 0 unspecified atom stereocenters. The molecule has 33 heavy (non-hydrogen) atoms. The van der Waals surface area contributed by atoms with Crippen LogP contribution in [-0.4, -0.2) is 34.6 Å². The van der Waals surface area contributed by atoms with Gasteiger partial charge in [0, 0.05) is 20.5 Å². The Morgan fingerprint density at radius 3 is 2.67 bits per heavy atom. The van der Waals surface area contributed by atoms with E-state index in [4.69, 9.17) is 26.1 Å². The lowest BCUT2D eigenvalue weighted by Crippen LogP contribution is -2.29. The largest absolute Gasteiger partial charge is 0.478 e. The van der Waals surface area contributed by atoms with Crippen LogP contribution < -0.4 is 10.3 Å². The maximum atomic E-state index is 13.3. The molecule has 1 heterocycles. The molecule has 2 aromatic carbocycles. The van der Waals surface area contributed by atoms with E-state index in [2.05, 4.69) is 21.0 Å². The Morgan fingerprint density at radius 1 is 1.27 bits per heavy atom. The predicted molar refractivity (Wildman–Crippen MR) is 134 cm³/mol. The van der Waals surface area contributed by atoms with Gasteiger partial charge in [-0.1, -0.05) is 48.3 Å². The van der Waals surface area contributed by atoms with Crippen LogP contribution in [0.3, 0.4) is 0 Å². The molecule has 0 aliphatic heterocycles. The average molecular weight is 535 g/mol. The van der Waals surface area contributed by atoms with Gasteiger partial charge in [0.05, 0.1) is 23.7 Å². The first kappa shape index (κ1) is 24.9. The number of carbonyl (C=O) groups excluding carboxylic acids is 1. The Morgan fingerprint density at radius 2 is 2.00 bits per heavy atom. The van der Waals surface area contributed by atoms with Gasteiger partial charge in [0.2, 0.25) is 0 Å². The molecule has 174 valence electrons. The number of ether oxygens (including phenoxy) is 2. The maximum absolute atomic E-state index is 13.3. The van der Waals surface area contributed by atoms with E-state index >= 15 is 0 Å². The molecule has 1 aromatic heterocycles. The summed E-state index contributed by atoms with van der Waals surface area (Å²) in [4.78, 5) is 30.0. The van der Waals surface area contributed by atoms with E-state index in [-0.39, 0.29) is 12.2 Å². The summed E-state index contributed by atoms with van der Waals surface area (Å²) in [5.74, 6) is 0.402. The fourth-order valence-electron chi connectivity index (χ4n) is 3.09. The molecule has 0 aliphatic carbocycles. The number of hydrogen-bond donors (Lipinski definition) is 0. The van der Waals surface area contributed by atoms with Crippen molar-refractivity contribution in [1.29, 1.82) is 0 Å². The average Bonchev–Trinajstić information content (AvgIpc) is 2.74. The minimum atomic E-state index is -0.828. The summed E-state index contributed by atoms with van der Waals surface area (Å²) in [6, 6.07) is 10.3. The van der Waals surface area contributed by atoms with Gasteiger partial charge in [0.1, 0.15) is 11.6 Å². The van der Waals surface area contributed by atoms with Crippen LogP contribution in [0.5, 0.6) is 5.75 Å². The Bertz CT molecular complexity index is 1280. The fraction of sp³-hybridized carbons (Fsp3) is 0.333. The van der Waals surface area contributed by atoms with E-state index in [0.717, 1.165) is 4.47 Å². The van der Waals surface area contributed by atoms with Gasteiger partial charge in [-0.15, -0.1) is 0 Å². The van der Waals surface area contributed by atoms with Crippen LogP contribution in [0.2, 0.25) is 5.02 Å². The Hall–Kier alpha value is -2.71. The molecule has 0 bridgehead atoms. The summed E-state index contributed by atoms with van der Waals surface area (Å²) in [5, 5.41) is 5.35. The highest BCUT2D eigenvalue weighted by atomic mass is 79.9. The number of nitrogens with zero attached hydrogens (tertiary/aromatic N) is 3. The van der Waals surface area contributed by atoms with Crippen molar-refractivity contribution < 1.29 is 14.3 Å². The van der Waals surface area contributed by atoms with E-state index < -0.39 is 17.5 Å². The first-order chi connectivity index (χ1) is 15.5. The molecule has 0 saturated heterocycles. The molecule has 0 radical (unpaired) electrons. The Kier molecular flexibility index (Phi) is 7.59. The zero-order valence-corrected chi connectivity index (χ0v) is 21.4. The van der Waals surface area contributed by atoms with E-state index in [1.54, 1.807) is 44.2 Å². The zero-order chi connectivity index (χ0) is 24.3. The molecule has 7 nitrogen and oxygen atoms in total. The first-order valence-electron chi connectivity index (χ1n) is 10.4. The van der Waals surface area contributed by atoms with Crippen molar-refractivity contribution in [3.63, 3.8) is 0 Å². The van der Waals surface area contributed by atoms with E-state index in [1.165, 1.54) is 10.9 Å². The van der Waals surface area contributed by atoms with Gasteiger partial charge in [-0.2, -0.15) is 9.78 Å². The molecule has 0 fully saturated rings. The molecule has 0 aliphatic rings. The lowest BCUT2D eigenvalue weighted by Gasteiger charge is -2.21. The van der Waals surface area contributed by atoms with Crippen LogP contribution in [0.1, 0.15) is 46.0 Å². The topological polar surface area (TPSA) is 82.8 Å². The second kappa shape index (κ2) is 10.1. The minimum Gasteiger partial charge on any atom is -0.478 e. The third-order valence-electron chi connectivity index (χ3n) is 4.69. The van der Waals surface area contributed by atoms with Gasteiger partial charge in [-0.3, -0.25) is 4.79 Å².